The number of hydrogen-bond acceptors (Lipinski definition) is 9. The van der Waals surface area contributed by atoms with Crippen molar-refractivity contribution < 1.29 is 31.0 Å². The molecular weight excluding hydrogens is 470 g/mol. The third kappa shape index (κ3) is 6.38. The molecule has 0 aliphatic rings. The molecule has 0 atom stereocenters. The summed E-state index contributed by atoms with van der Waals surface area (Å²) in [5, 5.41) is 17.6. The van der Waals surface area contributed by atoms with E-state index in [-0.39, 0.29) is 86.9 Å². The smallest absolute Gasteiger partial charge is 0.296 e. The largest absolute Gasteiger partial charge is 0.507 e. The minimum absolute atomic E-state index is 0. The molecule has 0 saturated heterocycles. The monoisotopic (exact) mass is 484 g/mol. The number of fused-ring (bicyclic) bond motifs is 1. The van der Waals surface area contributed by atoms with Gasteiger partial charge in [0.1, 0.15) is 22.0 Å². The molecule has 0 bridgehead atoms. The van der Waals surface area contributed by atoms with E-state index >= 15 is 0 Å². The van der Waals surface area contributed by atoms with Crippen molar-refractivity contribution in [2.75, 3.05) is 11.5 Å². The first-order valence-electron chi connectivity index (χ1n) is 7.69. The molecule has 3 aromatic rings. The number of phenols is 1. The maximum Gasteiger partial charge on any atom is 0.296 e. The normalized spacial score (nSPS) is 11.8. The van der Waals surface area contributed by atoms with Gasteiger partial charge in [0.25, 0.3) is 20.2 Å². The zero-order valence-electron chi connectivity index (χ0n) is 16.4. The van der Waals surface area contributed by atoms with Gasteiger partial charge in [-0.3, -0.25) is 9.11 Å². The van der Waals surface area contributed by atoms with Crippen molar-refractivity contribution in [3.8, 4) is 5.75 Å². The second kappa shape index (κ2) is 10.1. The number of aromatic hydroxyl groups is 1. The molecule has 11 nitrogen and oxygen atoms in total. The fraction of sp³-hybridized carbons (Fsp3) is 0. The molecular formula is C16H14N4Na2O7S2. The summed E-state index contributed by atoms with van der Waals surface area (Å²) in [6.45, 7) is 0. The molecule has 3 rings (SSSR count). The third-order valence-corrected chi connectivity index (χ3v) is 5.59. The summed E-state index contributed by atoms with van der Waals surface area (Å²) in [5.74, 6) is -0.569. The van der Waals surface area contributed by atoms with Gasteiger partial charge in [-0.25, -0.2) is 0 Å². The zero-order valence-corrected chi connectivity index (χ0v) is 22.0. The summed E-state index contributed by atoms with van der Waals surface area (Å²) in [6.07, 6.45) is 0. The van der Waals surface area contributed by atoms with E-state index in [0.717, 1.165) is 24.3 Å². The molecule has 0 saturated carbocycles. The van der Waals surface area contributed by atoms with Gasteiger partial charge in [-0.2, -0.15) is 16.8 Å². The van der Waals surface area contributed by atoms with Gasteiger partial charge in [-0.05, 0) is 41.8 Å². The number of rotatable bonds is 4. The van der Waals surface area contributed by atoms with Crippen LogP contribution < -0.4 is 11.5 Å². The molecule has 0 aromatic heterocycles. The minimum Gasteiger partial charge on any atom is -0.507 e. The number of nitrogens with zero attached hydrogens (tertiary/aromatic N) is 2. The van der Waals surface area contributed by atoms with Crippen molar-refractivity contribution in [1.29, 1.82) is 0 Å². The number of hydrogen-bond donors (Lipinski definition) is 5. The summed E-state index contributed by atoms with van der Waals surface area (Å²) >= 11 is 0. The Bertz CT molecular complexity index is 1390. The molecule has 154 valence electrons. The summed E-state index contributed by atoms with van der Waals surface area (Å²) in [5.41, 5.74) is 11.7. The Hall–Kier alpha value is -1.26. The van der Waals surface area contributed by atoms with Gasteiger partial charge in [0.05, 0.1) is 10.6 Å². The summed E-state index contributed by atoms with van der Waals surface area (Å²) in [6, 6.07) is 8.04. The van der Waals surface area contributed by atoms with Crippen LogP contribution in [-0.4, -0.2) is 90.2 Å². The summed E-state index contributed by atoms with van der Waals surface area (Å²) in [4.78, 5) is -1.36. The number of phenolic OH excluding ortho intramolecular Hbond substituents is 1. The number of azo groups is 1. The van der Waals surface area contributed by atoms with Crippen LogP contribution in [0.1, 0.15) is 0 Å². The van der Waals surface area contributed by atoms with Gasteiger partial charge in [0.15, 0.2) is 0 Å². The summed E-state index contributed by atoms with van der Waals surface area (Å²) < 4.78 is 64.8. The van der Waals surface area contributed by atoms with E-state index in [1.165, 1.54) is 18.2 Å². The maximum atomic E-state index is 11.8. The molecule has 15 heteroatoms. The quantitative estimate of drug-likeness (QED) is 0.158. The Morgan fingerprint density at radius 2 is 1.39 bits per heavy atom. The van der Waals surface area contributed by atoms with Gasteiger partial charge in [-0.1, -0.05) is 0 Å². The third-order valence-electron chi connectivity index (χ3n) is 3.88. The van der Waals surface area contributed by atoms with Crippen molar-refractivity contribution in [1.82, 2.24) is 0 Å². The van der Waals surface area contributed by atoms with E-state index in [9.17, 15) is 26.5 Å². The fourth-order valence-corrected chi connectivity index (χ4v) is 3.71. The number of nitrogen functional groups attached to an aromatic ring is 2. The zero-order chi connectivity index (χ0) is 21.6. The van der Waals surface area contributed by atoms with E-state index in [0.29, 0.717) is 5.69 Å². The van der Waals surface area contributed by atoms with Crippen molar-refractivity contribution >= 4 is 113 Å². The van der Waals surface area contributed by atoms with Gasteiger partial charge in [-0.15, -0.1) is 10.2 Å². The maximum absolute atomic E-state index is 11.8. The topological polar surface area (TPSA) is 206 Å². The van der Waals surface area contributed by atoms with Crippen molar-refractivity contribution in [2.45, 2.75) is 9.79 Å². The van der Waals surface area contributed by atoms with Gasteiger partial charge in [0.2, 0.25) is 0 Å². The van der Waals surface area contributed by atoms with Crippen LogP contribution in [0.15, 0.2) is 62.5 Å². The number of nitrogens with two attached hydrogens (primary N) is 2. The van der Waals surface area contributed by atoms with Crippen LogP contribution in [0.5, 0.6) is 5.75 Å². The Morgan fingerprint density at radius 3 is 1.94 bits per heavy atom. The molecule has 0 unspecified atom stereocenters. The molecule has 0 spiro atoms. The number of anilines is 2. The van der Waals surface area contributed by atoms with Gasteiger partial charge >= 0.3 is 0 Å². The second-order valence-electron chi connectivity index (χ2n) is 5.95. The van der Waals surface area contributed by atoms with Crippen LogP contribution in [0.3, 0.4) is 0 Å². The van der Waals surface area contributed by atoms with E-state index < -0.39 is 35.8 Å². The predicted octanol–water partition coefficient (Wildman–Crippen LogP) is 1.86. The van der Waals surface area contributed by atoms with Crippen molar-refractivity contribution in [2.24, 2.45) is 10.2 Å². The molecule has 0 aliphatic carbocycles. The molecule has 0 aliphatic heterocycles. The molecule has 7 N–H and O–H groups in total. The SMILES string of the molecule is Nc1ccc(N=Nc2cc3c(O)cc(S(=O)(=O)O)cc3cc2S(=O)(=O)O)c(N)c1.[Na].[Na]. The van der Waals surface area contributed by atoms with E-state index in [2.05, 4.69) is 10.2 Å². The minimum atomic E-state index is -4.81. The Balaban J connectivity index is 0.00000240. The first-order chi connectivity index (χ1) is 13.4. The Kier molecular flexibility index (Phi) is 9.07. The second-order valence-corrected chi connectivity index (χ2v) is 8.76. The first-order valence-corrected chi connectivity index (χ1v) is 10.6. The van der Waals surface area contributed by atoms with Crippen LogP contribution in [-0.2, 0) is 20.2 Å². The van der Waals surface area contributed by atoms with Gasteiger partial charge in [0, 0.05) is 76.3 Å². The van der Waals surface area contributed by atoms with Crippen LogP contribution in [0.2, 0.25) is 0 Å². The molecule has 0 fully saturated rings. The molecule has 0 amide bonds. The first kappa shape index (κ1) is 27.8. The van der Waals surface area contributed by atoms with Crippen LogP contribution >= 0.6 is 0 Å². The van der Waals surface area contributed by atoms with E-state index in [4.69, 9.17) is 16.0 Å². The average Bonchev–Trinajstić information content (AvgIpc) is 2.59. The standard InChI is InChI=1S/C16H14N4O7S2.2Na/c17-9-1-2-13(12(18)5-9)19-20-14-7-11-8(4-16(14)29(25,26)27)3-10(6-15(11)21)28(22,23)24;;/h1-7,21H,17-18H2,(H,22,23,24)(H,25,26,27);;. The number of benzene rings is 3. The van der Waals surface area contributed by atoms with Crippen LogP contribution in [0.4, 0.5) is 22.7 Å². The Labute approximate surface area is 221 Å². The predicted molar refractivity (Wildman–Crippen MR) is 116 cm³/mol. The van der Waals surface area contributed by atoms with E-state index in [1.807, 2.05) is 0 Å². The molecule has 0 heterocycles. The molecule has 3 aromatic carbocycles. The van der Waals surface area contributed by atoms with Crippen LogP contribution in [0, 0.1) is 0 Å². The van der Waals surface area contributed by atoms with Crippen molar-refractivity contribution in [3.05, 3.63) is 42.5 Å². The van der Waals surface area contributed by atoms with E-state index in [1.54, 1.807) is 0 Å². The molecule has 2 radical (unpaired) electrons. The fourth-order valence-electron chi connectivity index (χ4n) is 2.54. The Morgan fingerprint density at radius 1 is 0.774 bits per heavy atom. The average molecular weight is 484 g/mol. The summed E-state index contributed by atoms with van der Waals surface area (Å²) in [7, 11) is -9.47. The van der Waals surface area contributed by atoms with Crippen LogP contribution in [0.25, 0.3) is 10.8 Å². The van der Waals surface area contributed by atoms with Gasteiger partial charge < -0.3 is 16.6 Å². The van der Waals surface area contributed by atoms with Crippen molar-refractivity contribution in [3.63, 3.8) is 0 Å². The molecule has 31 heavy (non-hydrogen) atoms.